The fourth-order valence-corrected chi connectivity index (χ4v) is 2.35. The second-order valence-corrected chi connectivity index (χ2v) is 5.43. The number of hydrogen-bond donors (Lipinski definition) is 3. The van der Waals surface area contributed by atoms with Gasteiger partial charge < -0.3 is 15.7 Å². The molecular weight excluding hydrogens is 216 g/mol. The van der Waals surface area contributed by atoms with Crippen LogP contribution in [-0.4, -0.2) is 36.8 Å². The van der Waals surface area contributed by atoms with E-state index in [0.29, 0.717) is 19.6 Å². The van der Waals surface area contributed by atoms with Gasteiger partial charge in [-0.25, -0.2) is 0 Å². The number of nitrogens with one attached hydrogen (secondary N) is 2. The van der Waals surface area contributed by atoms with E-state index < -0.39 is 0 Å². The van der Waals surface area contributed by atoms with Crippen molar-refractivity contribution in [2.75, 3.05) is 19.6 Å². The summed E-state index contributed by atoms with van der Waals surface area (Å²) in [5.74, 6) is 0.191. The predicted molar refractivity (Wildman–Crippen MR) is 68.8 cm³/mol. The predicted octanol–water partition coefficient (Wildman–Crippen LogP) is 1.04. The van der Waals surface area contributed by atoms with Crippen LogP contribution in [0.25, 0.3) is 0 Å². The number of carbonyl (C=O) groups excluding carboxylic acids is 1. The molecule has 1 rings (SSSR count). The number of aliphatic hydroxyl groups excluding tert-OH is 1. The van der Waals surface area contributed by atoms with Crippen molar-refractivity contribution in [3.8, 4) is 0 Å². The van der Waals surface area contributed by atoms with Crippen LogP contribution in [0.1, 0.15) is 46.0 Å². The molecule has 1 fully saturated rings. The van der Waals surface area contributed by atoms with E-state index in [1.165, 1.54) is 19.3 Å². The fourth-order valence-electron chi connectivity index (χ4n) is 2.35. The molecule has 0 heterocycles. The molecule has 4 nitrogen and oxygen atoms in total. The van der Waals surface area contributed by atoms with Crippen LogP contribution in [-0.2, 0) is 4.79 Å². The molecular formula is C13H26N2O2. The molecule has 17 heavy (non-hydrogen) atoms. The molecule has 0 aliphatic heterocycles. The van der Waals surface area contributed by atoms with Crippen molar-refractivity contribution >= 4 is 5.91 Å². The molecule has 1 aliphatic carbocycles. The molecule has 3 N–H and O–H groups in total. The lowest BCUT2D eigenvalue weighted by atomic mass is 9.75. The Hall–Kier alpha value is -0.610. The van der Waals surface area contributed by atoms with Gasteiger partial charge in [-0.3, -0.25) is 4.79 Å². The first-order valence-electron chi connectivity index (χ1n) is 6.72. The minimum Gasteiger partial charge on any atom is -0.392 e. The maximum atomic E-state index is 12.0. The van der Waals surface area contributed by atoms with Crippen LogP contribution < -0.4 is 10.6 Å². The summed E-state index contributed by atoms with van der Waals surface area (Å²) in [6.07, 6.45) is 5.30. The lowest BCUT2D eigenvalue weighted by molar-refractivity contribution is -0.131. The quantitative estimate of drug-likeness (QED) is 0.610. The molecule has 0 aromatic heterocycles. The summed E-state index contributed by atoms with van der Waals surface area (Å²) in [4.78, 5) is 12.0. The smallest absolute Gasteiger partial charge is 0.225 e. The van der Waals surface area contributed by atoms with Crippen LogP contribution in [0, 0.1) is 5.41 Å². The number of carbonyl (C=O) groups is 1. The number of aliphatic hydroxyl groups is 1. The average Bonchev–Trinajstić information content (AvgIpc) is 2.29. The largest absolute Gasteiger partial charge is 0.392 e. The van der Waals surface area contributed by atoms with Gasteiger partial charge in [-0.15, -0.1) is 0 Å². The third-order valence-corrected chi connectivity index (χ3v) is 3.53. The van der Waals surface area contributed by atoms with E-state index in [2.05, 4.69) is 17.6 Å². The molecule has 0 bridgehead atoms. The summed E-state index contributed by atoms with van der Waals surface area (Å²) in [5, 5.41) is 15.1. The lowest BCUT2D eigenvalue weighted by Crippen LogP contribution is -2.43. The van der Waals surface area contributed by atoms with Crippen LogP contribution in [0.4, 0.5) is 0 Å². The molecule has 1 saturated carbocycles. The number of rotatable bonds is 6. The van der Waals surface area contributed by atoms with Gasteiger partial charge in [-0.1, -0.05) is 26.2 Å². The molecule has 0 aromatic rings. The van der Waals surface area contributed by atoms with Crippen molar-refractivity contribution < 1.29 is 9.90 Å². The van der Waals surface area contributed by atoms with Gasteiger partial charge in [0, 0.05) is 25.0 Å². The van der Waals surface area contributed by atoms with Gasteiger partial charge in [-0.2, -0.15) is 0 Å². The summed E-state index contributed by atoms with van der Waals surface area (Å²) in [6, 6.07) is 0. The van der Waals surface area contributed by atoms with Crippen LogP contribution in [0.5, 0.6) is 0 Å². The summed E-state index contributed by atoms with van der Waals surface area (Å²) in [5.41, 5.74) is -0.150. The first-order valence-corrected chi connectivity index (χ1v) is 6.72. The van der Waals surface area contributed by atoms with E-state index in [9.17, 15) is 4.79 Å². The minimum atomic E-state index is -0.332. The van der Waals surface area contributed by atoms with Gasteiger partial charge in [0.15, 0.2) is 0 Å². The van der Waals surface area contributed by atoms with Crippen LogP contribution >= 0.6 is 0 Å². The first-order chi connectivity index (χ1) is 8.04. The standard InChI is InChI=1S/C13H26N2O2/c1-11(16)10-14-8-9-15-12(17)13(2)6-4-3-5-7-13/h11,14,16H,3-10H2,1-2H3,(H,15,17). The Balaban J connectivity index is 2.15. The highest BCUT2D eigenvalue weighted by molar-refractivity contribution is 5.82. The van der Waals surface area contributed by atoms with Crippen LogP contribution in [0.2, 0.25) is 0 Å². The Bertz CT molecular complexity index is 236. The maximum absolute atomic E-state index is 12.0. The number of hydrogen-bond acceptors (Lipinski definition) is 3. The fraction of sp³-hybridized carbons (Fsp3) is 0.923. The van der Waals surface area contributed by atoms with Gasteiger partial charge in [0.1, 0.15) is 0 Å². The molecule has 4 heteroatoms. The first kappa shape index (κ1) is 14.5. The Kier molecular flexibility index (Phi) is 5.92. The van der Waals surface area contributed by atoms with E-state index in [4.69, 9.17) is 5.11 Å². The van der Waals surface area contributed by atoms with E-state index in [1.54, 1.807) is 6.92 Å². The second kappa shape index (κ2) is 6.97. The molecule has 0 saturated heterocycles. The van der Waals surface area contributed by atoms with E-state index >= 15 is 0 Å². The minimum absolute atomic E-state index is 0.150. The summed E-state index contributed by atoms with van der Waals surface area (Å²) in [7, 11) is 0. The van der Waals surface area contributed by atoms with Gasteiger partial charge in [0.25, 0.3) is 0 Å². The molecule has 0 radical (unpaired) electrons. The zero-order valence-electron chi connectivity index (χ0n) is 11.1. The van der Waals surface area contributed by atoms with Crippen molar-refractivity contribution in [2.24, 2.45) is 5.41 Å². The molecule has 0 aromatic carbocycles. The molecule has 1 aliphatic rings. The Morgan fingerprint density at radius 2 is 1.94 bits per heavy atom. The van der Waals surface area contributed by atoms with Gasteiger partial charge in [-0.05, 0) is 19.8 Å². The third-order valence-electron chi connectivity index (χ3n) is 3.53. The third kappa shape index (κ3) is 5.04. The average molecular weight is 242 g/mol. The second-order valence-electron chi connectivity index (χ2n) is 5.43. The van der Waals surface area contributed by atoms with Gasteiger partial charge in [0.2, 0.25) is 5.91 Å². The maximum Gasteiger partial charge on any atom is 0.225 e. The van der Waals surface area contributed by atoms with Crippen molar-refractivity contribution in [1.82, 2.24) is 10.6 Å². The highest BCUT2D eigenvalue weighted by atomic mass is 16.3. The van der Waals surface area contributed by atoms with E-state index in [1.807, 2.05) is 0 Å². The summed E-state index contributed by atoms with van der Waals surface area (Å²) < 4.78 is 0. The van der Waals surface area contributed by atoms with Gasteiger partial charge >= 0.3 is 0 Å². The molecule has 100 valence electrons. The molecule has 0 spiro atoms. The van der Waals surface area contributed by atoms with Crippen molar-refractivity contribution in [3.05, 3.63) is 0 Å². The molecule has 1 amide bonds. The van der Waals surface area contributed by atoms with Crippen LogP contribution in [0.3, 0.4) is 0 Å². The zero-order chi connectivity index (χ0) is 12.7. The summed E-state index contributed by atoms with van der Waals surface area (Å²) in [6.45, 7) is 5.75. The van der Waals surface area contributed by atoms with Gasteiger partial charge in [0.05, 0.1) is 6.10 Å². The number of amides is 1. The highest BCUT2D eigenvalue weighted by Gasteiger charge is 2.33. The Morgan fingerprint density at radius 3 is 2.53 bits per heavy atom. The monoisotopic (exact) mass is 242 g/mol. The summed E-state index contributed by atoms with van der Waals surface area (Å²) >= 11 is 0. The zero-order valence-corrected chi connectivity index (χ0v) is 11.1. The lowest BCUT2D eigenvalue weighted by Gasteiger charge is -2.32. The van der Waals surface area contributed by atoms with Crippen LogP contribution in [0.15, 0.2) is 0 Å². The Labute approximate surface area is 104 Å². The van der Waals surface area contributed by atoms with Crippen molar-refractivity contribution in [2.45, 2.75) is 52.1 Å². The Morgan fingerprint density at radius 1 is 1.29 bits per heavy atom. The van der Waals surface area contributed by atoms with E-state index in [0.717, 1.165) is 12.8 Å². The van der Waals surface area contributed by atoms with Crippen molar-refractivity contribution in [1.29, 1.82) is 0 Å². The topological polar surface area (TPSA) is 61.4 Å². The molecule has 1 atom stereocenters. The molecule has 1 unspecified atom stereocenters. The van der Waals surface area contributed by atoms with Crippen molar-refractivity contribution in [3.63, 3.8) is 0 Å². The highest BCUT2D eigenvalue weighted by Crippen LogP contribution is 2.35. The normalized spacial score (nSPS) is 20.9. The SMILES string of the molecule is CC(O)CNCCNC(=O)C1(C)CCCCC1. The van der Waals surface area contributed by atoms with E-state index in [-0.39, 0.29) is 17.4 Å².